The first-order chi connectivity index (χ1) is 12.2. The zero-order valence-corrected chi connectivity index (χ0v) is 15.0. The number of carbonyl (C=O) groups excluding carboxylic acids is 1. The molecule has 1 N–H and O–H groups in total. The van der Waals surface area contributed by atoms with E-state index in [2.05, 4.69) is 20.4 Å². The molecule has 1 amide bonds. The molecule has 0 radical (unpaired) electrons. The summed E-state index contributed by atoms with van der Waals surface area (Å²) in [5, 5.41) is 7.19. The molecule has 1 atom stereocenters. The Bertz CT molecular complexity index is 696. The molecule has 7 heteroatoms. The highest BCUT2D eigenvalue weighted by Gasteiger charge is 2.23. The molecule has 3 heterocycles. The van der Waals surface area contributed by atoms with E-state index in [1.165, 1.54) is 0 Å². The number of nitrogens with zero attached hydrogens (tertiary/aromatic N) is 5. The molecule has 1 saturated heterocycles. The number of nitrogens with one attached hydrogen (secondary N) is 1. The Morgan fingerprint density at radius 2 is 2.12 bits per heavy atom. The molecule has 25 heavy (non-hydrogen) atoms. The van der Waals surface area contributed by atoms with Gasteiger partial charge in [0.05, 0.1) is 29.8 Å². The number of aryl methyl sites for hydroxylation is 1. The summed E-state index contributed by atoms with van der Waals surface area (Å²) in [4.78, 5) is 23.4. The lowest BCUT2D eigenvalue weighted by molar-refractivity contribution is 0.0760. The number of likely N-dealkylation sites (tertiary alicyclic amines) is 1. The Morgan fingerprint density at radius 3 is 2.80 bits per heavy atom. The number of hydrogen-bond acceptors (Lipinski definition) is 5. The minimum atomic E-state index is 0.0958. The zero-order valence-electron chi connectivity index (χ0n) is 15.0. The molecular formula is C18H26N6O. The highest BCUT2D eigenvalue weighted by Crippen LogP contribution is 2.22. The van der Waals surface area contributed by atoms with Gasteiger partial charge >= 0.3 is 0 Å². The Balaban J connectivity index is 1.56. The summed E-state index contributed by atoms with van der Waals surface area (Å²) in [6, 6.07) is 0. The monoisotopic (exact) mass is 342 g/mol. The van der Waals surface area contributed by atoms with Crippen LogP contribution in [-0.2, 0) is 13.0 Å². The van der Waals surface area contributed by atoms with Gasteiger partial charge in [0, 0.05) is 32.9 Å². The van der Waals surface area contributed by atoms with E-state index in [0.29, 0.717) is 11.5 Å². The average molecular weight is 342 g/mol. The average Bonchev–Trinajstić information content (AvgIpc) is 3.02. The van der Waals surface area contributed by atoms with E-state index in [9.17, 15) is 4.79 Å². The smallest absolute Gasteiger partial charge is 0.257 e. The molecule has 0 aliphatic carbocycles. The fraction of sp³-hybridized carbons (Fsp3) is 0.556. The topological polar surface area (TPSA) is 75.9 Å². The Kier molecular flexibility index (Phi) is 5.63. The van der Waals surface area contributed by atoms with Gasteiger partial charge < -0.3 is 10.2 Å². The number of rotatable bonds is 5. The minimum Gasteiger partial charge on any atom is -0.372 e. The normalized spacial score (nSPS) is 18.0. The number of aromatic nitrogens is 4. The Labute approximate surface area is 148 Å². The summed E-state index contributed by atoms with van der Waals surface area (Å²) in [6.45, 7) is 4.41. The molecule has 1 aliphatic rings. The molecule has 2 aromatic heterocycles. The van der Waals surface area contributed by atoms with Gasteiger partial charge in [0.1, 0.15) is 5.82 Å². The first-order valence-corrected chi connectivity index (χ1v) is 9.00. The predicted molar refractivity (Wildman–Crippen MR) is 96.4 cm³/mol. The zero-order chi connectivity index (χ0) is 17.6. The van der Waals surface area contributed by atoms with Crippen LogP contribution < -0.4 is 5.32 Å². The van der Waals surface area contributed by atoms with Crippen LogP contribution >= 0.6 is 0 Å². The molecule has 3 rings (SSSR count). The first-order valence-electron chi connectivity index (χ1n) is 9.00. The number of hydrogen-bond donors (Lipinski definition) is 1. The SMILES string of the molecule is CCn1cc(C(=O)N2CCC[C@@H](Cc3cnc(NC)cn3)CC2)cn1. The quantitative estimate of drug-likeness (QED) is 0.902. The van der Waals surface area contributed by atoms with Gasteiger partial charge in [-0.25, -0.2) is 4.98 Å². The fourth-order valence-corrected chi connectivity index (χ4v) is 3.29. The van der Waals surface area contributed by atoms with Gasteiger partial charge in [-0.05, 0) is 38.5 Å². The largest absolute Gasteiger partial charge is 0.372 e. The van der Waals surface area contributed by atoms with Crippen LogP contribution in [0.4, 0.5) is 5.82 Å². The van der Waals surface area contributed by atoms with Gasteiger partial charge in [0.2, 0.25) is 0 Å². The van der Waals surface area contributed by atoms with Gasteiger partial charge in [-0.3, -0.25) is 14.5 Å². The van der Waals surface area contributed by atoms with Crippen molar-refractivity contribution < 1.29 is 4.79 Å². The van der Waals surface area contributed by atoms with Crippen LogP contribution in [0.15, 0.2) is 24.8 Å². The third kappa shape index (κ3) is 4.35. The summed E-state index contributed by atoms with van der Waals surface area (Å²) >= 11 is 0. The lowest BCUT2D eigenvalue weighted by atomic mass is 9.95. The maximum Gasteiger partial charge on any atom is 0.257 e. The second-order valence-corrected chi connectivity index (χ2v) is 6.52. The molecule has 1 aliphatic heterocycles. The van der Waals surface area contributed by atoms with Crippen LogP contribution in [0.5, 0.6) is 0 Å². The van der Waals surface area contributed by atoms with E-state index >= 15 is 0 Å². The van der Waals surface area contributed by atoms with Crippen molar-refractivity contribution in [1.29, 1.82) is 0 Å². The summed E-state index contributed by atoms with van der Waals surface area (Å²) in [7, 11) is 1.84. The summed E-state index contributed by atoms with van der Waals surface area (Å²) in [6.07, 6.45) is 11.2. The molecule has 134 valence electrons. The van der Waals surface area contributed by atoms with Gasteiger partial charge in [0.15, 0.2) is 0 Å². The van der Waals surface area contributed by atoms with Gasteiger partial charge in [-0.1, -0.05) is 0 Å². The van der Waals surface area contributed by atoms with E-state index in [1.807, 2.05) is 31.3 Å². The Hall–Kier alpha value is -2.44. The summed E-state index contributed by atoms with van der Waals surface area (Å²) in [5.74, 6) is 1.43. The van der Waals surface area contributed by atoms with Crippen LogP contribution in [0, 0.1) is 5.92 Å². The highest BCUT2D eigenvalue weighted by molar-refractivity contribution is 5.93. The number of anilines is 1. The predicted octanol–water partition coefficient (Wildman–Crippen LogP) is 2.22. The van der Waals surface area contributed by atoms with Crippen LogP contribution in [0.2, 0.25) is 0 Å². The second kappa shape index (κ2) is 8.09. The van der Waals surface area contributed by atoms with Crippen molar-refractivity contribution in [3.63, 3.8) is 0 Å². The molecule has 0 saturated carbocycles. The fourth-order valence-electron chi connectivity index (χ4n) is 3.29. The molecule has 7 nitrogen and oxygen atoms in total. The van der Waals surface area contributed by atoms with Crippen molar-refractivity contribution in [3.05, 3.63) is 36.0 Å². The summed E-state index contributed by atoms with van der Waals surface area (Å²) < 4.78 is 1.79. The van der Waals surface area contributed by atoms with Crippen LogP contribution in [0.3, 0.4) is 0 Å². The van der Waals surface area contributed by atoms with Crippen molar-refractivity contribution in [2.75, 3.05) is 25.5 Å². The molecule has 2 aromatic rings. The van der Waals surface area contributed by atoms with Crippen LogP contribution in [0.25, 0.3) is 0 Å². The van der Waals surface area contributed by atoms with E-state index in [0.717, 1.165) is 56.8 Å². The van der Waals surface area contributed by atoms with Gasteiger partial charge in [-0.2, -0.15) is 5.10 Å². The second-order valence-electron chi connectivity index (χ2n) is 6.52. The van der Waals surface area contributed by atoms with E-state index in [-0.39, 0.29) is 5.91 Å². The number of carbonyl (C=O) groups is 1. The first kappa shape index (κ1) is 17.4. The standard InChI is InChI=1S/C18H26N6O/c1-3-24-13-15(10-22-24)18(25)23-7-4-5-14(6-8-23)9-16-11-21-17(19-2)12-20-16/h10-14H,3-9H2,1-2H3,(H,19,21)/t14-/m1/s1. The Morgan fingerprint density at radius 1 is 1.24 bits per heavy atom. The third-order valence-corrected chi connectivity index (χ3v) is 4.80. The molecule has 0 aromatic carbocycles. The summed E-state index contributed by atoms with van der Waals surface area (Å²) in [5.41, 5.74) is 1.71. The minimum absolute atomic E-state index is 0.0958. The molecule has 1 fully saturated rings. The van der Waals surface area contributed by atoms with Gasteiger partial charge in [0.25, 0.3) is 5.91 Å². The molecule has 0 unspecified atom stereocenters. The van der Waals surface area contributed by atoms with Crippen LogP contribution in [-0.4, -0.2) is 50.7 Å². The van der Waals surface area contributed by atoms with Gasteiger partial charge in [-0.15, -0.1) is 0 Å². The third-order valence-electron chi connectivity index (χ3n) is 4.80. The molecule has 0 bridgehead atoms. The maximum absolute atomic E-state index is 12.7. The van der Waals surface area contributed by atoms with E-state index in [1.54, 1.807) is 17.1 Å². The van der Waals surface area contributed by atoms with E-state index in [4.69, 9.17) is 0 Å². The van der Waals surface area contributed by atoms with E-state index < -0.39 is 0 Å². The van der Waals surface area contributed by atoms with Crippen molar-refractivity contribution in [3.8, 4) is 0 Å². The number of amides is 1. The maximum atomic E-state index is 12.7. The van der Waals surface area contributed by atoms with Crippen molar-refractivity contribution in [1.82, 2.24) is 24.6 Å². The highest BCUT2D eigenvalue weighted by atomic mass is 16.2. The lowest BCUT2D eigenvalue weighted by Crippen LogP contribution is -2.31. The van der Waals surface area contributed by atoms with Crippen molar-refractivity contribution >= 4 is 11.7 Å². The molecule has 0 spiro atoms. The lowest BCUT2D eigenvalue weighted by Gasteiger charge is -2.19. The van der Waals surface area contributed by atoms with Crippen LogP contribution in [0.1, 0.15) is 42.2 Å². The molecular weight excluding hydrogens is 316 g/mol. The van der Waals surface area contributed by atoms with Crippen molar-refractivity contribution in [2.24, 2.45) is 5.92 Å². The van der Waals surface area contributed by atoms with Crippen molar-refractivity contribution in [2.45, 2.75) is 39.2 Å².